The highest BCUT2D eigenvalue weighted by Gasteiger charge is 2.31. The lowest BCUT2D eigenvalue weighted by Crippen LogP contribution is -2.47. The van der Waals surface area contributed by atoms with Gasteiger partial charge in [0, 0.05) is 19.1 Å². The van der Waals surface area contributed by atoms with Crippen LogP contribution in [0.5, 0.6) is 5.75 Å². The summed E-state index contributed by atoms with van der Waals surface area (Å²) in [5.41, 5.74) is 7.40. The van der Waals surface area contributed by atoms with Crippen LogP contribution in [0.25, 0.3) is 11.1 Å². The van der Waals surface area contributed by atoms with Gasteiger partial charge in [-0.15, -0.1) is 0 Å². The van der Waals surface area contributed by atoms with Crippen LogP contribution >= 0.6 is 0 Å². The smallest absolute Gasteiger partial charge is 0.119 e. The summed E-state index contributed by atoms with van der Waals surface area (Å²) in [6, 6.07) is 35.5. The average molecular weight is 465 g/mol. The first-order chi connectivity index (χ1) is 17.2. The molecule has 1 aliphatic rings. The third kappa shape index (κ3) is 5.30. The molecule has 0 fully saturated rings. The summed E-state index contributed by atoms with van der Waals surface area (Å²) in [6.07, 6.45) is 0.171. The van der Waals surface area contributed by atoms with Crippen molar-refractivity contribution < 1.29 is 9.84 Å². The molecule has 0 saturated carbocycles. The molecule has 1 aliphatic carbocycles. The highest BCUT2D eigenvalue weighted by atomic mass is 16.5. The van der Waals surface area contributed by atoms with Crippen LogP contribution in [0.4, 0.5) is 0 Å². The Bertz CT molecular complexity index is 1210. The van der Waals surface area contributed by atoms with E-state index in [1.807, 2.05) is 24.3 Å². The van der Waals surface area contributed by atoms with Crippen molar-refractivity contribution >= 4 is 0 Å². The normalized spacial score (nSPS) is 14.2. The molecule has 2 atom stereocenters. The zero-order valence-corrected chi connectivity index (χ0v) is 20.0. The summed E-state index contributed by atoms with van der Waals surface area (Å²) in [4.78, 5) is 0. The third-order valence-corrected chi connectivity index (χ3v) is 6.79. The van der Waals surface area contributed by atoms with Crippen LogP contribution in [0.15, 0.2) is 103 Å². The number of hydrogen-bond acceptors (Lipinski definition) is 4. The topological polar surface area (TPSA) is 53.5 Å². The van der Waals surface area contributed by atoms with Crippen LogP contribution in [0.3, 0.4) is 0 Å². The fourth-order valence-corrected chi connectivity index (χ4v) is 5.01. The molecule has 0 aliphatic heterocycles. The van der Waals surface area contributed by atoms with E-state index < -0.39 is 6.10 Å². The van der Waals surface area contributed by atoms with Crippen LogP contribution in [0.2, 0.25) is 0 Å². The molecule has 0 aromatic heterocycles. The molecule has 0 unspecified atom stereocenters. The molecule has 4 aromatic rings. The SMILES string of the molecule is COc1cccc(CNC[C@H](O)[C@H](Cc2ccccc2)NC2c3ccccc3-c3ccccc32)c1. The first-order valence-corrected chi connectivity index (χ1v) is 12.2. The first kappa shape index (κ1) is 23.3. The van der Waals surface area contributed by atoms with Crippen LogP contribution in [-0.2, 0) is 13.0 Å². The predicted molar refractivity (Wildman–Crippen MR) is 141 cm³/mol. The van der Waals surface area contributed by atoms with Crippen molar-refractivity contribution in [2.45, 2.75) is 31.2 Å². The molecule has 4 heteroatoms. The van der Waals surface area contributed by atoms with Crippen molar-refractivity contribution in [1.82, 2.24) is 10.6 Å². The van der Waals surface area contributed by atoms with Gasteiger partial charge in [0.25, 0.3) is 0 Å². The minimum atomic E-state index is -0.569. The zero-order valence-electron chi connectivity index (χ0n) is 20.0. The average Bonchev–Trinajstić information content (AvgIpc) is 3.22. The highest BCUT2D eigenvalue weighted by molar-refractivity contribution is 5.78. The van der Waals surface area contributed by atoms with Crippen LogP contribution < -0.4 is 15.4 Å². The van der Waals surface area contributed by atoms with E-state index in [2.05, 4.69) is 89.5 Å². The summed E-state index contributed by atoms with van der Waals surface area (Å²) in [5, 5.41) is 18.6. The molecular weight excluding hydrogens is 432 g/mol. The molecule has 0 bridgehead atoms. The number of aliphatic hydroxyl groups excluding tert-OH is 1. The lowest BCUT2D eigenvalue weighted by molar-refractivity contribution is 0.120. The second-order valence-electron chi connectivity index (χ2n) is 9.12. The Hall–Kier alpha value is -3.44. The van der Waals surface area contributed by atoms with E-state index in [4.69, 9.17) is 4.74 Å². The van der Waals surface area contributed by atoms with E-state index in [0.717, 1.165) is 17.7 Å². The van der Waals surface area contributed by atoms with Crippen molar-refractivity contribution in [1.29, 1.82) is 0 Å². The van der Waals surface area contributed by atoms with E-state index in [1.54, 1.807) is 7.11 Å². The van der Waals surface area contributed by atoms with Crippen molar-refractivity contribution in [3.8, 4) is 16.9 Å². The Morgan fingerprint density at radius 3 is 2.09 bits per heavy atom. The number of ether oxygens (including phenoxy) is 1. The fourth-order valence-electron chi connectivity index (χ4n) is 5.01. The highest BCUT2D eigenvalue weighted by Crippen LogP contribution is 2.43. The standard InChI is InChI=1S/C31H32N2O2/c1-35-24-13-9-12-23(18-24)20-32-21-30(34)29(19-22-10-3-2-4-11-22)33-31-27-16-7-5-14-25(27)26-15-6-8-17-28(26)31/h2-18,29-34H,19-21H2,1H3/t29-,30-/m0/s1. The summed E-state index contributed by atoms with van der Waals surface area (Å²) >= 11 is 0. The van der Waals surface area contributed by atoms with Crippen molar-refractivity contribution in [2.24, 2.45) is 0 Å². The van der Waals surface area contributed by atoms with Crippen molar-refractivity contribution in [2.75, 3.05) is 13.7 Å². The summed E-state index contributed by atoms with van der Waals surface area (Å²) in [7, 11) is 1.68. The lowest BCUT2D eigenvalue weighted by Gasteiger charge is -2.29. The minimum Gasteiger partial charge on any atom is -0.497 e. The molecule has 0 spiro atoms. The van der Waals surface area contributed by atoms with Gasteiger partial charge in [-0.2, -0.15) is 0 Å². The number of rotatable bonds is 10. The van der Waals surface area contributed by atoms with Crippen LogP contribution in [0, 0.1) is 0 Å². The van der Waals surface area contributed by atoms with Gasteiger partial charge in [-0.1, -0.05) is 91.0 Å². The molecule has 3 N–H and O–H groups in total. The Balaban J connectivity index is 1.34. The molecular formula is C31H32N2O2. The number of nitrogens with one attached hydrogen (secondary N) is 2. The zero-order chi connectivity index (χ0) is 24.0. The second kappa shape index (κ2) is 10.9. The van der Waals surface area contributed by atoms with Gasteiger partial charge in [0.05, 0.1) is 19.3 Å². The molecule has 0 heterocycles. The number of methoxy groups -OCH3 is 1. The monoisotopic (exact) mass is 464 g/mol. The van der Waals surface area contributed by atoms with Crippen LogP contribution in [-0.4, -0.2) is 30.9 Å². The third-order valence-electron chi connectivity index (χ3n) is 6.79. The quantitative estimate of drug-likeness (QED) is 0.305. The van der Waals surface area contributed by atoms with E-state index in [9.17, 15) is 5.11 Å². The van der Waals surface area contributed by atoms with Crippen LogP contribution in [0.1, 0.15) is 28.3 Å². The molecule has 178 valence electrons. The summed E-state index contributed by atoms with van der Waals surface area (Å²) in [5.74, 6) is 0.840. The van der Waals surface area contributed by atoms with E-state index in [1.165, 1.54) is 27.8 Å². The Kier molecular flexibility index (Phi) is 7.24. The largest absolute Gasteiger partial charge is 0.497 e. The molecule has 0 saturated heterocycles. The second-order valence-corrected chi connectivity index (χ2v) is 9.12. The molecule has 0 amide bonds. The fraction of sp³-hybridized carbons (Fsp3) is 0.226. The maximum atomic E-state index is 11.4. The van der Waals surface area contributed by atoms with Gasteiger partial charge in [0.1, 0.15) is 5.75 Å². The first-order valence-electron chi connectivity index (χ1n) is 12.2. The van der Waals surface area contributed by atoms with Gasteiger partial charge in [-0.05, 0) is 51.9 Å². The van der Waals surface area contributed by atoms with Gasteiger partial charge in [0.15, 0.2) is 0 Å². The number of aliphatic hydroxyl groups is 1. The lowest BCUT2D eigenvalue weighted by atomic mass is 9.97. The van der Waals surface area contributed by atoms with Gasteiger partial charge >= 0.3 is 0 Å². The Labute approximate surface area is 207 Å². The van der Waals surface area contributed by atoms with Gasteiger partial charge in [-0.3, -0.25) is 0 Å². The Morgan fingerprint density at radius 2 is 1.40 bits per heavy atom. The molecule has 4 aromatic carbocycles. The van der Waals surface area contributed by atoms with Gasteiger partial charge in [-0.25, -0.2) is 0 Å². The van der Waals surface area contributed by atoms with E-state index in [0.29, 0.717) is 13.1 Å². The molecule has 5 rings (SSSR count). The minimum absolute atomic E-state index is 0.0455. The molecule has 0 radical (unpaired) electrons. The van der Waals surface area contributed by atoms with Crippen molar-refractivity contribution in [3.63, 3.8) is 0 Å². The molecule has 35 heavy (non-hydrogen) atoms. The maximum Gasteiger partial charge on any atom is 0.119 e. The number of fused-ring (bicyclic) bond motifs is 3. The maximum absolute atomic E-state index is 11.4. The summed E-state index contributed by atoms with van der Waals surface area (Å²) < 4.78 is 5.33. The van der Waals surface area contributed by atoms with Crippen molar-refractivity contribution in [3.05, 3.63) is 125 Å². The van der Waals surface area contributed by atoms with Gasteiger partial charge < -0.3 is 20.5 Å². The predicted octanol–water partition coefficient (Wildman–Crippen LogP) is 5.12. The number of benzene rings is 4. The Morgan fingerprint density at radius 1 is 0.771 bits per heavy atom. The molecule has 4 nitrogen and oxygen atoms in total. The number of hydrogen-bond donors (Lipinski definition) is 3. The summed E-state index contributed by atoms with van der Waals surface area (Å²) in [6.45, 7) is 1.15. The van der Waals surface area contributed by atoms with E-state index >= 15 is 0 Å². The van der Waals surface area contributed by atoms with Gasteiger partial charge in [0.2, 0.25) is 0 Å². The van der Waals surface area contributed by atoms with E-state index in [-0.39, 0.29) is 12.1 Å².